The average Bonchev–Trinajstić information content (AvgIpc) is 3.24. The number of hydrogen-bond donors (Lipinski definition) is 3. The summed E-state index contributed by atoms with van der Waals surface area (Å²) >= 11 is 0. The SMILES string of the molecule is C.C=CC[C@@H]1/C=C(\C)C[C@H](C)C[C@H](OC)[C@H]2O[C@@](O)(C(=O)C(=O)N3CCCC[C@H]3C(=O)O[C@H](/C(C)=C/[C@@H]3CC[C@@H](O)[C@H](OC)C3)[C@H](C)[C@@H](O)C/C1=N/OCCF)[C@H](C)C[C@@H]2OC. The number of rotatable bonds is 10. The number of halogens is 1. The molecule has 0 unspecified atom stereocenters. The quantitative estimate of drug-likeness (QED) is 0.0761. The van der Waals surface area contributed by atoms with Gasteiger partial charge in [-0.3, -0.25) is 9.59 Å². The lowest BCUT2D eigenvalue weighted by Crippen LogP contribution is -2.64. The molecule has 3 N–H and O–H groups in total. The van der Waals surface area contributed by atoms with Gasteiger partial charge in [0.25, 0.3) is 11.7 Å². The number of esters is 1. The van der Waals surface area contributed by atoms with E-state index < -0.39 is 84.6 Å². The minimum atomic E-state index is -2.52. The molecule has 4 aliphatic rings. The number of alkyl halides is 1. The number of allylic oxidation sites excluding steroid dienone is 4. The van der Waals surface area contributed by atoms with Crippen LogP contribution in [-0.4, -0.2) is 139 Å². The van der Waals surface area contributed by atoms with Crippen LogP contribution in [-0.2, 0) is 42.9 Å². The third kappa shape index (κ3) is 13.3. The lowest BCUT2D eigenvalue weighted by Gasteiger charge is -2.47. The minimum absolute atomic E-state index is 0. The Morgan fingerprint density at radius 2 is 1.66 bits per heavy atom. The molecule has 0 aromatic carbocycles. The number of carbonyl (C=O) groups excluding carboxylic acids is 3. The summed E-state index contributed by atoms with van der Waals surface area (Å²) < 4.78 is 43.3. The van der Waals surface area contributed by atoms with Gasteiger partial charge >= 0.3 is 5.97 Å². The molecule has 3 fully saturated rings. The van der Waals surface area contributed by atoms with Crippen molar-refractivity contribution in [2.24, 2.45) is 34.7 Å². The fourth-order valence-electron chi connectivity index (χ4n) is 9.71. The highest BCUT2D eigenvalue weighted by Crippen LogP contribution is 2.39. The van der Waals surface area contributed by atoms with E-state index in [4.69, 9.17) is 28.5 Å². The first-order valence-electron chi connectivity index (χ1n) is 22.1. The highest BCUT2D eigenvalue weighted by Gasteiger charge is 2.56. The zero-order valence-electron chi connectivity index (χ0n) is 37.6. The van der Waals surface area contributed by atoms with Crippen molar-refractivity contribution in [2.45, 2.75) is 167 Å². The molecule has 0 radical (unpaired) electrons. The number of amides is 1. The molecular formula is C47H77FN2O12. The number of ketones is 1. The topological polar surface area (TPSA) is 183 Å². The van der Waals surface area contributed by atoms with Gasteiger partial charge in [0.1, 0.15) is 31.5 Å². The molecule has 2 saturated heterocycles. The Morgan fingerprint density at radius 3 is 2.31 bits per heavy atom. The van der Waals surface area contributed by atoms with E-state index in [0.717, 1.165) is 5.57 Å². The molecule has 62 heavy (non-hydrogen) atoms. The normalized spacial score (nSPS) is 39.0. The second-order valence-corrected chi connectivity index (χ2v) is 17.9. The van der Waals surface area contributed by atoms with Gasteiger partial charge in [0.05, 0.1) is 36.2 Å². The molecule has 0 aromatic heterocycles. The number of ether oxygens (including phenoxy) is 5. The van der Waals surface area contributed by atoms with Crippen molar-refractivity contribution in [3.05, 3.63) is 36.0 Å². The number of hydrogen-bond acceptors (Lipinski definition) is 13. The molecule has 2 bridgehead atoms. The Balaban J connectivity index is 0.0000102. The summed E-state index contributed by atoms with van der Waals surface area (Å²) in [5.74, 6) is -7.48. The van der Waals surface area contributed by atoms with E-state index in [9.17, 15) is 34.1 Å². The van der Waals surface area contributed by atoms with Crippen LogP contribution in [0.2, 0.25) is 0 Å². The minimum Gasteiger partial charge on any atom is -0.456 e. The number of aliphatic hydroxyl groups is 3. The summed E-state index contributed by atoms with van der Waals surface area (Å²) in [6.07, 6.45) is 5.29. The lowest BCUT2D eigenvalue weighted by atomic mass is 9.81. The predicted octanol–water partition coefficient (Wildman–Crippen LogP) is 6.05. The molecule has 1 saturated carbocycles. The number of carbonyl (C=O) groups is 3. The first-order chi connectivity index (χ1) is 29.0. The lowest BCUT2D eigenvalue weighted by molar-refractivity contribution is -0.302. The van der Waals surface area contributed by atoms with E-state index in [2.05, 4.69) is 18.7 Å². The Kier molecular flexibility index (Phi) is 21.4. The summed E-state index contributed by atoms with van der Waals surface area (Å²) in [4.78, 5) is 49.7. The average molecular weight is 881 g/mol. The van der Waals surface area contributed by atoms with Crippen molar-refractivity contribution < 1.29 is 62.6 Å². The summed E-state index contributed by atoms with van der Waals surface area (Å²) in [7, 11) is 4.61. The molecule has 3 heterocycles. The predicted molar refractivity (Wildman–Crippen MR) is 234 cm³/mol. The number of oxime groups is 1. The van der Waals surface area contributed by atoms with Crippen molar-refractivity contribution in [1.82, 2.24) is 4.90 Å². The van der Waals surface area contributed by atoms with Crippen molar-refractivity contribution in [3.8, 4) is 0 Å². The second-order valence-electron chi connectivity index (χ2n) is 17.9. The zero-order valence-corrected chi connectivity index (χ0v) is 37.6. The molecule has 354 valence electrons. The number of aliphatic hydroxyl groups excluding tert-OH is 2. The molecule has 1 amide bonds. The van der Waals surface area contributed by atoms with E-state index in [-0.39, 0.29) is 63.7 Å². The van der Waals surface area contributed by atoms with Gasteiger partial charge < -0.3 is 48.7 Å². The standard InChI is InChI=1S/C46H73FN2O12.CH4/c1-10-13-33-21-27(2)20-28(3)22-39(57-8)42-40(58-9)24-30(5)46(55,61-42)43(52)44(53)49-18-12-11-14-35(49)45(54)60-41(31(6)37(51)26-34(33)48-59-19-17-47)29(4)23-32-15-16-36(50)38(25-32)56-7;/h10,21,23,28,30-33,35-42,50-51,55H,1,11-20,22,24-26H2,2-9H3;1H4/b27-21+,29-23+,48-34-;/t28-,30+,31+,32-,33+,35-,36+,37-,38+,39-,40-,41+,42+,46+;/m0./s1. The van der Waals surface area contributed by atoms with Crippen LogP contribution in [0.1, 0.15) is 113 Å². The third-order valence-electron chi connectivity index (χ3n) is 13.2. The maximum Gasteiger partial charge on any atom is 0.329 e. The van der Waals surface area contributed by atoms with Gasteiger partial charge in [0.2, 0.25) is 5.79 Å². The Labute approximate surface area is 369 Å². The largest absolute Gasteiger partial charge is 0.456 e. The molecule has 14 atom stereocenters. The van der Waals surface area contributed by atoms with Crippen LogP contribution in [0.15, 0.2) is 41.1 Å². The Bertz CT molecular complexity index is 1570. The molecule has 3 aliphatic heterocycles. The van der Waals surface area contributed by atoms with Crippen LogP contribution in [0.4, 0.5) is 4.39 Å². The van der Waals surface area contributed by atoms with Gasteiger partial charge in [-0.25, -0.2) is 9.18 Å². The first-order valence-corrected chi connectivity index (χ1v) is 22.1. The van der Waals surface area contributed by atoms with Gasteiger partial charge in [-0.15, -0.1) is 6.58 Å². The highest BCUT2D eigenvalue weighted by molar-refractivity contribution is 6.39. The van der Waals surface area contributed by atoms with Crippen LogP contribution >= 0.6 is 0 Å². The number of nitrogens with zero attached hydrogens (tertiary/aromatic N) is 2. The fraction of sp³-hybridized carbons (Fsp3) is 0.787. The zero-order chi connectivity index (χ0) is 45.0. The van der Waals surface area contributed by atoms with E-state index in [0.29, 0.717) is 62.7 Å². The summed E-state index contributed by atoms with van der Waals surface area (Å²) in [5, 5.41) is 39.0. The van der Waals surface area contributed by atoms with Gasteiger partial charge in [0, 0.05) is 52.0 Å². The summed E-state index contributed by atoms with van der Waals surface area (Å²) in [6, 6.07) is -1.16. The Morgan fingerprint density at radius 1 is 0.984 bits per heavy atom. The first kappa shape index (κ1) is 53.3. The van der Waals surface area contributed by atoms with Gasteiger partial charge in [0.15, 0.2) is 0 Å². The molecular weight excluding hydrogens is 804 g/mol. The van der Waals surface area contributed by atoms with E-state index in [1.807, 2.05) is 26.0 Å². The molecule has 15 heteroatoms. The van der Waals surface area contributed by atoms with Crippen molar-refractivity contribution in [2.75, 3.05) is 41.2 Å². The fourth-order valence-corrected chi connectivity index (χ4v) is 9.71. The summed E-state index contributed by atoms with van der Waals surface area (Å²) in [5.41, 5.74) is 2.11. The number of cyclic esters (lactones) is 1. The Hall–Kier alpha value is -3.05. The molecule has 14 nitrogen and oxygen atoms in total. The van der Waals surface area contributed by atoms with E-state index in [1.165, 1.54) is 19.1 Å². The van der Waals surface area contributed by atoms with E-state index in [1.54, 1.807) is 27.0 Å². The van der Waals surface area contributed by atoms with Crippen molar-refractivity contribution in [3.63, 3.8) is 0 Å². The molecule has 0 spiro atoms. The second kappa shape index (κ2) is 24.9. The van der Waals surface area contributed by atoms with Crippen LogP contribution in [0.25, 0.3) is 0 Å². The number of methoxy groups -OCH3 is 3. The van der Waals surface area contributed by atoms with Gasteiger partial charge in [-0.1, -0.05) is 57.2 Å². The van der Waals surface area contributed by atoms with Crippen molar-refractivity contribution >= 4 is 23.4 Å². The smallest absolute Gasteiger partial charge is 0.329 e. The van der Waals surface area contributed by atoms with Gasteiger partial charge in [-0.2, -0.15) is 0 Å². The van der Waals surface area contributed by atoms with Crippen molar-refractivity contribution in [1.29, 1.82) is 0 Å². The highest BCUT2D eigenvalue weighted by atomic mass is 19.1. The van der Waals surface area contributed by atoms with Gasteiger partial charge in [-0.05, 0) is 95.5 Å². The summed E-state index contributed by atoms with van der Waals surface area (Å²) in [6.45, 7) is 12.3. The monoisotopic (exact) mass is 881 g/mol. The molecule has 4 rings (SSSR count). The molecule has 0 aromatic rings. The van der Waals surface area contributed by atoms with Crippen LogP contribution < -0.4 is 0 Å². The maximum absolute atomic E-state index is 14.5. The number of Topliss-reactive ketones (excluding diaryl/α,β-unsaturated/α-hetero) is 1. The van der Waals surface area contributed by atoms with E-state index >= 15 is 0 Å². The molecule has 1 aliphatic carbocycles. The number of fused-ring (bicyclic) bond motifs is 3. The van der Waals surface area contributed by atoms with Crippen LogP contribution in [0.5, 0.6) is 0 Å². The van der Waals surface area contributed by atoms with Crippen LogP contribution in [0.3, 0.4) is 0 Å². The number of piperidine rings is 1. The third-order valence-corrected chi connectivity index (χ3v) is 13.2. The maximum atomic E-state index is 14.5. The van der Waals surface area contributed by atoms with Crippen LogP contribution in [0, 0.1) is 29.6 Å².